The molecule has 1 heterocycles. The normalized spacial score (nSPS) is 16.5. The number of hydrogen-bond acceptors (Lipinski definition) is 3. The zero-order valence-electron chi connectivity index (χ0n) is 14.7. The van der Waals surface area contributed by atoms with E-state index in [-0.39, 0.29) is 12.6 Å². The predicted octanol–water partition coefficient (Wildman–Crippen LogP) is 3.11. The first-order chi connectivity index (χ1) is 11.4. The number of piperidine rings is 1. The molecular formula is C18H27N3O3. The van der Waals surface area contributed by atoms with Gasteiger partial charge in [-0.2, -0.15) is 0 Å². The van der Waals surface area contributed by atoms with Crippen LogP contribution in [0.1, 0.15) is 26.7 Å². The van der Waals surface area contributed by atoms with Crippen LogP contribution in [0.3, 0.4) is 0 Å². The summed E-state index contributed by atoms with van der Waals surface area (Å²) in [7, 11) is 1.60. The Kier molecular flexibility index (Phi) is 6.06. The smallest absolute Gasteiger partial charge is 0.321 e. The average molecular weight is 333 g/mol. The van der Waals surface area contributed by atoms with Crippen molar-refractivity contribution in [1.82, 2.24) is 4.90 Å². The number of nitrogens with zero attached hydrogens (tertiary/aromatic N) is 2. The van der Waals surface area contributed by atoms with E-state index in [0.717, 1.165) is 30.4 Å². The lowest BCUT2D eigenvalue weighted by Crippen LogP contribution is -2.36. The van der Waals surface area contributed by atoms with E-state index in [4.69, 9.17) is 5.11 Å². The van der Waals surface area contributed by atoms with Crippen LogP contribution in [-0.2, 0) is 4.79 Å². The maximum Gasteiger partial charge on any atom is 0.321 e. The van der Waals surface area contributed by atoms with Gasteiger partial charge in [-0.3, -0.25) is 4.79 Å². The molecule has 2 N–H and O–H groups in total. The molecule has 0 radical (unpaired) electrons. The van der Waals surface area contributed by atoms with Crippen LogP contribution in [-0.4, -0.2) is 48.7 Å². The standard InChI is InChI=1S/C18H27N3O3/c1-13-7-9-21(10-8-13)16-6-4-5-15(11-16)19-18(24)20(3)12-14(2)17(22)23/h4-6,11,13-14H,7-10,12H2,1-3H3,(H,19,24)(H,22,23). The third kappa shape index (κ3) is 4.88. The molecule has 1 aliphatic rings. The summed E-state index contributed by atoms with van der Waals surface area (Å²) in [6, 6.07) is 7.52. The summed E-state index contributed by atoms with van der Waals surface area (Å²) in [4.78, 5) is 26.8. The van der Waals surface area contributed by atoms with E-state index in [1.54, 1.807) is 14.0 Å². The Balaban J connectivity index is 1.96. The Labute approximate surface area is 143 Å². The van der Waals surface area contributed by atoms with E-state index >= 15 is 0 Å². The second-order valence-electron chi connectivity index (χ2n) is 6.77. The number of carboxylic acid groups (broad SMARTS) is 1. The number of rotatable bonds is 5. The zero-order chi connectivity index (χ0) is 17.7. The van der Waals surface area contributed by atoms with E-state index < -0.39 is 11.9 Å². The van der Waals surface area contributed by atoms with Crippen molar-refractivity contribution in [2.75, 3.05) is 36.9 Å². The highest BCUT2D eigenvalue weighted by atomic mass is 16.4. The van der Waals surface area contributed by atoms with Gasteiger partial charge in [0, 0.05) is 38.1 Å². The predicted molar refractivity (Wildman–Crippen MR) is 95.5 cm³/mol. The molecule has 24 heavy (non-hydrogen) atoms. The van der Waals surface area contributed by atoms with Crippen LogP contribution in [0.2, 0.25) is 0 Å². The third-order valence-electron chi connectivity index (χ3n) is 4.56. The number of carbonyl (C=O) groups excluding carboxylic acids is 1. The second-order valence-corrected chi connectivity index (χ2v) is 6.77. The van der Waals surface area contributed by atoms with Crippen molar-refractivity contribution in [3.63, 3.8) is 0 Å². The largest absolute Gasteiger partial charge is 0.481 e. The molecule has 1 fully saturated rings. The van der Waals surface area contributed by atoms with Gasteiger partial charge in [-0.1, -0.05) is 19.9 Å². The van der Waals surface area contributed by atoms with Crippen LogP contribution in [0.5, 0.6) is 0 Å². The molecule has 1 aromatic carbocycles. The van der Waals surface area contributed by atoms with Gasteiger partial charge >= 0.3 is 12.0 Å². The fourth-order valence-corrected chi connectivity index (χ4v) is 2.84. The first-order valence-electron chi connectivity index (χ1n) is 8.46. The van der Waals surface area contributed by atoms with Crippen LogP contribution in [0.25, 0.3) is 0 Å². The van der Waals surface area contributed by atoms with E-state index in [0.29, 0.717) is 0 Å². The Hall–Kier alpha value is -2.24. The summed E-state index contributed by atoms with van der Waals surface area (Å²) in [5, 5.41) is 11.8. The third-order valence-corrected chi connectivity index (χ3v) is 4.56. The van der Waals surface area contributed by atoms with Crippen molar-refractivity contribution in [1.29, 1.82) is 0 Å². The number of amides is 2. The lowest BCUT2D eigenvalue weighted by Gasteiger charge is -2.32. The molecule has 0 saturated carbocycles. The van der Waals surface area contributed by atoms with Gasteiger partial charge in [0.25, 0.3) is 0 Å². The minimum Gasteiger partial charge on any atom is -0.481 e. The number of nitrogens with one attached hydrogen (secondary N) is 1. The number of urea groups is 1. The van der Waals surface area contributed by atoms with Gasteiger partial charge in [0.2, 0.25) is 0 Å². The molecular weight excluding hydrogens is 306 g/mol. The Morgan fingerprint density at radius 3 is 2.67 bits per heavy atom. The van der Waals surface area contributed by atoms with E-state index in [9.17, 15) is 9.59 Å². The number of aliphatic carboxylic acids is 1. The monoisotopic (exact) mass is 333 g/mol. The Bertz CT molecular complexity index is 583. The molecule has 6 nitrogen and oxygen atoms in total. The molecule has 0 spiro atoms. The van der Waals surface area contributed by atoms with Crippen molar-refractivity contribution in [3.8, 4) is 0 Å². The van der Waals surface area contributed by atoms with Crippen LogP contribution < -0.4 is 10.2 Å². The molecule has 1 atom stereocenters. The molecule has 2 rings (SSSR count). The zero-order valence-corrected chi connectivity index (χ0v) is 14.7. The minimum absolute atomic E-state index is 0.171. The highest BCUT2D eigenvalue weighted by Gasteiger charge is 2.19. The lowest BCUT2D eigenvalue weighted by molar-refractivity contribution is -0.141. The van der Waals surface area contributed by atoms with Crippen LogP contribution >= 0.6 is 0 Å². The summed E-state index contributed by atoms with van der Waals surface area (Å²) >= 11 is 0. The number of hydrogen-bond donors (Lipinski definition) is 2. The first-order valence-corrected chi connectivity index (χ1v) is 8.46. The number of benzene rings is 1. The molecule has 2 amide bonds. The molecule has 1 aromatic rings. The number of carboxylic acids is 1. The molecule has 132 valence electrons. The number of carbonyl (C=O) groups is 2. The van der Waals surface area contributed by atoms with Crippen LogP contribution in [0.4, 0.5) is 16.2 Å². The van der Waals surface area contributed by atoms with Gasteiger partial charge in [-0.05, 0) is 37.0 Å². The van der Waals surface area contributed by atoms with Gasteiger partial charge in [-0.15, -0.1) is 0 Å². The highest BCUT2D eigenvalue weighted by molar-refractivity contribution is 5.90. The maximum absolute atomic E-state index is 12.2. The second kappa shape index (κ2) is 8.04. The highest BCUT2D eigenvalue weighted by Crippen LogP contribution is 2.25. The summed E-state index contributed by atoms with van der Waals surface area (Å²) in [6.07, 6.45) is 2.37. The fourth-order valence-electron chi connectivity index (χ4n) is 2.84. The van der Waals surface area contributed by atoms with Crippen molar-refractivity contribution in [2.45, 2.75) is 26.7 Å². The van der Waals surface area contributed by atoms with E-state index in [1.165, 1.54) is 17.7 Å². The SMILES string of the molecule is CC1CCN(c2cccc(NC(=O)N(C)CC(C)C(=O)O)c2)CC1. The fraction of sp³-hybridized carbons (Fsp3) is 0.556. The molecule has 1 unspecified atom stereocenters. The number of anilines is 2. The molecule has 1 aliphatic heterocycles. The topological polar surface area (TPSA) is 72.9 Å². The summed E-state index contributed by atoms with van der Waals surface area (Å²) < 4.78 is 0. The van der Waals surface area contributed by atoms with Gasteiger partial charge in [0.1, 0.15) is 0 Å². The lowest BCUT2D eigenvalue weighted by atomic mass is 9.99. The van der Waals surface area contributed by atoms with Crippen molar-refractivity contribution < 1.29 is 14.7 Å². The first kappa shape index (κ1) is 18.1. The van der Waals surface area contributed by atoms with Gasteiger partial charge < -0.3 is 20.2 Å². The Morgan fingerprint density at radius 1 is 1.38 bits per heavy atom. The summed E-state index contributed by atoms with van der Waals surface area (Å²) in [6.45, 7) is 6.11. The van der Waals surface area contributed by atoms with Gasteiger partial charge in [0.15, 0.2) is 0 Å². The quantitative estimate of drug-likeness (QED) is 0.868. The van der Waals surface area contributed by atoms with Gasteiger partial charge in [0.05, 0.1) is 5.92 Å². The summed E-state index contributed by atoms with van der Waals surface area (Å²) in [5.41, 5.74) is 1.84. The van der Waals surface area contributed by atoms with Crippen molar-refractivity contribution in [2.24, 2.45) is 11.8 Å². The van der Waals surface area contributed by atoms with E-state index in [1.807, 2.05) is 18.2 Å². The molecule has 0 aliphatic carbocycles. The van der Waals surface area contributed by atoms with Crippen molar-refractivity contribution in [3.05, 3.63) is 24.3 Å². The molecule has 0 aromatic heterocycles. The Morgan fingerprint density at radius 2 is 2.04 bits per heavy atom. The maximum atomic E-state index is 12.2. The molecule has 1 saturated heterocycles. The average Bonchev–Trinajstić information content (AvgIpc) is 2.55. The van der Waals surface area contributed by atoms with Gasteiger partial charge in [-0.25, -0.2) is 4.79 Å². The van der Waals surface area contributed by atoms with Crippen LogP contribution in [0.15, 0.2) is 24.3 Å². The van der Waals surface area contributed by atoms with Crippen molar-refractivity contribution >= 4 is 23.4 Å². The minimum atomic E-state index is -0.907. The molecule has 0 bridgehead atoms. The van der Waals surface area contributed by atoms with Crippen LogP contribution in [0, 0.1) is 11.8 Å². The molecule has 6 heteroatoms. The summed E-state index contributed by atoms with van der Waals surface area (Å²) in [5.74, 6) is -0.729. The van der Waals surface area contributed by atoms with E-state index in [2.05, 4.69) is 23.2 Å².